The van der Waals surface area contributed by atoms with Gasteiger partial charge in [0.25, 0.3) is 5.91 Å². The van der Waals surface area contributed by atoms with E-state index in [-0.39, 0.29) is 12.2 Å². The van der Waals surface area contributed by atoms with E-state index in [2.05, 4.69) is 16.2 Å². The second-order valence-corrected chi connectivity index (χ2v) is 6.67. The Morgan fingerprint density at radius 1 is 1.23 bits per heavy atom. The number of rotatable bonds is 9. The first kappa shape index (κ1) is 21.5. The normalized spacial score (nSPS) is 10.9. The fourth-order valence-electron chi connectivity index (χ4n) is 3.18. The molecule has 3 aromatic rings. The van der Waals surface area contributed by atoms with Crippen molar-refractivity contribution in [2.75, 3.05) is 19.8 Å². The molecule has 0 aliphatic carbocycles. The summed E-state index contributed by atoms with van der Waals surface area (Å²) in [7, 11) is 0. The molecular weight excluding hydrogens is 390 g/mol. The number of nitrogens with zero attached hydrogens (tertiary/aromatic N) is 1. The second kappa shape index (κ2) is 10.6. The van der Waals surface area contributed by atoms with Crippen LogP contribution in [-0.2, 0) is 11.2 Å². The van der Waals surface area contributed by atoms with Gasteiger partial charge < -0.3 is 19.8 Å². The SMILES string of the molecule is C#CCOc1ccc(/C=C(/C#N)C(=O)NCCc2c[nH]c3ccccc23)cc1OCC. The van der Waals surface area contributed by atoms with Crippen molar-refractivity contribution in [3.05, 3.63) is 65.4 Å². The molecule has 0 unspecified atom stereocenters. The number of aromatic nitrogens is 1. The second-order valence-electron chi connectivity index (χ2n) is 6.67. The van der Waals surface area contributed by atoms with Gasteiger partial charge >= 0.3 is 0 Å². The summed E-state index contributed by atoms with van der Waals surface area (Å²) in [5, 5.41) is 13.4. The van der Waals surface area contributed by atoms with Gasteiger partial charge in [-0.3, -0.25) is 4.79 Å². The Balaban J connectivity index is 1.67. The number of carbonyl (C=O) groups is 1. The zero-order valence-electron chi connectivity index (χ0n) is 17.3. The summed E-state index contributed by atoms with van der Waals surface area (Å²) in [4.78, 5) is 15.7. The van der Waals surface area contributed by atoms with Crippen LogP contribution in [0.25, 0.3) is 17.0 Å². The largest absolute Gasteiger partial charge is 0.490 e. The fourth-order valence-corrected chi connectivity index (χ4v) is 3.18. The standard InChI is InChI=1S/C25H23N3O3/c1-3-13-31-23-10-9-18(15-24(23)30-4-2)14-20(16-26)25(29)27-12-11-19-17-28-22-8-6-5-7-21(19)22/h1,5-10,14-15,17,28H,4,11-13H2,2H3,(H,27,29)/b20-14-. The van der Waals surface area contributed by atoms with Gasteiger partial charge in [-0.1, -0.05) is 30.2 Å². The first-order valence-corrected chi connectivity index (χ1v) is 9.94. The molecule has 0 aliphatic heterocycles. The monoisotopic (exact) mass is 413 g/mol. The van der Waals surface area contributed by atoms with Crippen molar-refractivity contribution in [3.8, 4) is 29.9 Å². The van der Waals surface area contributed by atoms with Crippen LogP contribution in [0.1, 0.15) is 18.1 Å². The third-order valence-electron chi connectivity index (χ3n) is 4.61. The maximum Gasteiger partial charge on any atom is 0.261 e. The summed E-state index contributed by atoms with van der Waals surface area (Å²) in [6.07, 6.45) is 9.36. The Morgan fingerprint density at radius 2 is 2.06 bits per heavy atom. The Morgan fingerprint density at radius 3 is 2.84 bits per heavy atom. The van der Waals surface area contributed by atoms with Crippen LogP contribution in [0.4, 0.5) is 0 Å². The molecule has 1 heterocycles. The molecule has 6 heteroatoms. The van der Waals surface area contributed by atoms with E-state index in [1.807, 2.05) is 43.5 Å². The highest BCUT2D eigenvalue weighted by molar-refractivity contribution is 6.01. The van der Waals surface area contributed by atoms with Gasteiger partial charge in [0.2, 0.25) is 0 Å². The first-order chi connectivity index (χ1) is 15.2. The highest BCUT2D eigenvalue weighted by Crippen LogP contribution is 2.29. The van der Waals surface area contributed by atoms with Crippen molar-refractivity contribution >= 4 is 22.9 Å². The molecule has 0 aliphatic rings. The third kappa shape index (κ3) is 5.46. The summed E-state index contributed by atoms with van der Waals surface area (Å²) in [6.45, 7) is 2.84. The maximum atomic E-state index is 12.5. The van der Waals surface area contributed by atoms with Gasteiger partial charge in [0.15, 0.2) is 11.5 Å². The molecule has 1 aromatic heterocycles. The van der Waals surface area contributed by atoms with Gasteiger partial charge in [0, 0.05) is 23.6 Å². The first-order valence-electron chi connectivity index (χ1n) is 9.94. The molecule has 0 saturated heterocycles. The Hall–Kier alpha value is -4.16. The highest BCUT2D eigenvalue weighted by Gasteiger charge is 2.11. The van der Waals surface area contributed by atoms with Crippen LogP contribution in [0.3, 0.4) is 0 Å². The minimum Gasteiger partial charge on any atom is -0.490 e. The number of para-hydroxylation sites is 1. The number of aromatic amines is 1. The number of carbonyl (C=O) groups excluding carboxylic acids is 1. The summed E-state index contributed by atoms with van der Waals surface area (Å²) < 4.78 is 11.0. The Labute approximate surface area is 181 Å². The quantitative estimate of drug-likeness (QED) is 0.317. The van der Waals surface area contributed by atoms with Crippen molar-refractivity contribution < 1.29 is 14.3 Å². The van der Waals surface area contributed by atoms with Crippen LogP contribution < -0.4 is 14.8 Å². The predicted molar refractivity (Wildman–Crippen MR) is 121 cm³/mol. The lowest BCUT2D eigenvalue weighted by Gasteiger charge is -2.11. The smallest absolute Gasteiger partial charge is 0.261 e. The van der Waals surface area contributed by atoms with Gasteiger partial charge in [-0.25, -0.2) is 0 Å². The van der Waals surface area contributed by atoms with E-state index in [4.69, 9.17) is 15.9 Å². The van der Waals surface area contributed by atoms with E-state index in [9.17, 15) is 10.1 Å². The van der Waals surface area contributed by atoms with E-state index < -0.39 is 5.91 Å². The molecule has 0 bridgehead atoms. The number of benzene rings is 2. The fraction of sp³-hybridized carbons (Fsp3) is 0.200. The van der Waals surface area contributed by atoms with Gasteiger partial charge in [-0.2, -0.15) is 5.26 Å². The number of nitrogens with one attached hydrogen (secondary N) is 2. The van der Waals surface area contributed by atoms with E-state index in [0.717, 1.165) is 16.5 Å². The van der Waals surface area contributed by atoms with Gasteiger partial charge in [-0.05, 0) is 48.7 Å². The molecule has 1 amide bonds. The molecule has 0 atom stereocenters. The maximum absolute atomic E-state index is 12.5. The van der Waals surface area contributed by atoms with Gasteiger partial charge in [0.05, 0.1) is 6.61 Å². The number of terminal acetylenes is 1. The van der Waals surface area contributed by atoms with Crippen LogP contribution in [0.5, 0.6) is 11.5 Å². The molecule has 2 aromatic carbocycles. The summed E-state index contributed by atoms with van der Waals surface area (Å²) in [5.74, 6) is 3.00. The Kier molecular flexibility index (Phi) is 7.35. The number of H-pyrrole nitrogens is 1. The molecule has 0 radical (unpaired) electrons. The number of ether oxygens (including phenoxy) is 2. The van der Waals surface area contributed by atoms with Crippen LogP contribution in [0, 0.1) is 23.7 Å². The van der Waals surface area contributed by atoms with Crippen LogP contribution in [-0.4, -0.2) is 30.6 Å². The summed E-state index contributed by atoms with van der Waals surface area (Å²) in [6, 6.07) is 15.1. The van der Waals surface area contributed by atoms with Crippen LogP contribution in [0.2, 0.25) is 0 Å². The van der Waals surface area contributed by atoms with Crippen molar-refractivity contribution in [1.29, 1.82) is 5.26 Å². The number of nitriles is 1. The zero-order chi connectivity index (χ0) is 22.1. The minimum absolute atomic E-state index is 0.0127. The van der Waals surface area contributed by atoms with Crippen molar-refractivity contribution in [1.82, 2.24) is 10.3 Å². The minimum atomic E-state index is -0.423. The predicted octanol–water partition coefficient (Wildman–Crippen LogP) is 3.84. The van der Waals surface area contributed by atoms with E-state index in [1.165, 1.54) is 6.08 Å². The van der Waals surface area contributed by atoms with Crippen molar-refractivity contribution in [2.24, 2.45) is 0 Å². The molecule has 2 N–H and O–H groups in total. The van der Waals surface area contributed by atoms with E-state index in [1.54, 1.807) is 18.2 Å². The van der Waals surface area contributed by atoms with E-state index >= 15 is 0 Å². The lowest BCUT2D eigenvalue weighted by molar-refractivity contribution is -0.117. The molecule has 0 spiro atoms. The summed E-state index contributed by atoms with van der Waals surface area (Å²) >= 11 is 0. The molecule has 3 rings (SSSR count). The lowest BCUT2D eigenvalue weighted by Crippen LogP contribution is -2.26. The molecule has 0 fully saturated rings. The number of amides is 1. The molecule has 0 saturated carbocycles. The highest BCUT2D eigenvalue weighted by atomic mass is 16.5. The molecule has 156 valence electrons. The topological polar surface area (TPSA) is 87.1 Å². The number of fused-ring (bicyclic) bond motifs is 1. The van der Waals surface area contributed by atoms with E-state index in [0.29, 0.717) is 36.6 Å². The summed E-state index contributed by atoms with van der Waals surface area (Å²) in [5.41, 5.74) is 2.84. The zero-order valence-corrected chi connectivity index (χ0v) is 17.3. The van der Waals surface area contributed by atoms with Crippen LogP contribution >= 0.6 is 0 Å². The molecule has 31 heavy (non-hydrogen) atoms. The number of hydrogen-bond donors (Lipinski definition) is 2. The van der Waals surface area contributed by atoms with Crippen LogP contribution in [0.15, 0.2) is 54.2 Å². The number of hydrogen-bond acceptors (Lipinski definition) is 4. The van der Waals surface area contributed by atoms with Crippen molar-refractivity contribution in [2.45, 2.75) is 13.3 Å². The average molecular weight is 413 g/mol. The van der Waals surface area contributed by atoms with Gasteiger partial charge in [0.1, 0.15) is 18.2 Å². The average Bonchev–Trinajstić information content (AvgIpc) is 3.20. The van der Waals surface area contributed by atoms with Gasteiger partial charge in [-0.15, -0.1) is 6.42 Å². The molecular formula is C25H23N3O3. The third-order valence-corrected chi connectivity index (χ3v) is 4.61. The Bertz CT molecular complexity index is 1180. The van der Waals surface area contributed by atoms with Crippen molar-refractivity contribution in [3.63, 3.8) is 0 Å². The lowest BCUT2D eigenvalue weighted by atomic mass is 10.1. The molecule has 6 nitrogen and oxygen atoms in total.